The molecule has 2 amide bonds. The molecule has 0 saturated carbocycles. The summed E-state index contributed by atoms with van der Waals surface area (Å²) in [5.74, 6) is -1.12. The zero-order valence-electron chi connectivity index (χ0n) is 19.5. The first kappa shape index (κ1) is 25.6. The van der Waals surface area contributed by atoms with Crippen molar-refractivity contribution < 1.29 is 22.8 Å². The minimum absolute atomic E-state index is 0.0116. The number of nitrogens with one attached hydrogen (secondary N) is 3. The Balaban J connectivity index is 1.55. The highest BCUT2D eigenvalue weighted by molar-refractivity contribution is 7.89. The van der Waals surface area contributed by atoms with E-state index in [0.29, 0.717) is 22.3 Å². The maximum atomic E-state index is 12.5. The number of anilines is 1. The van der Waals surface area contributed by atoms with Gasteiger partial charge >= 0.3 is 0 Å². The number of carbonyl (C=O) groups is 3. The van der Waals surface area contributed by atoms with E-state index in [-0.39, 0.29) is 17.2 Å². The second-order valence-electron chi connectivity index (χ2n) is 7.96. The van der Waals surface area contributed by atoms with Crippen LogP contribution < -0.4 is 20.5 Å². The number of benzene rings is 3. The fourth-order valence-electron chi connectivity index (χ4n) is 3.09. The Labute approximate surface area is 204 Å². The van der Waals surface area contributed by atoms with Crippen LogP contribution in [0.1, 0.15) is 43.6 Å². The van der Waals surface area contributed by atoms with Gasteiger partial charge in [0.05, 0.1) is 4.90 Å². The molecule has 182 valence electrons. The predicted molar refractivity (Wildman–Crippen MR) is 133 cm³/mol. The number of amides is 2. The van der Waals surface area contributed by atoms with Crippen LogP contribution in [0.25, 0.3) is 0 Å². The molecule has 3 rings (SSSR count). The third-order valence-corrected chi connectivity index (χ3v) is 6.59. The van der Waals surface area contributed by atoms with Gasteiger partial charge in [-0.3, -0.25) is 25.2 Å². The highest BCUT2D eigenvalue weighted by Crippen LogP contribution is 2.14. The van der Waals surface area contributed by atoms with Crippen molar-refractivity contribution in [2.75, 3.05) is 19.0 Å². The lowest BCUT2D eigenvalue weighted by molar-refractivity contribution is 0.0846. The van der Waals surface area contributed by atoms with Gasteiger partial charge in [0, 0.05) is 43.0 Å². The molecule has 0 radical (unpaired) electrons. The van der Waals surface area contributed by atoms with Crippen LogP contribution in [0.3, 0.4) is 0 Å². The van der Waals surface area contributed by atoms with Crippen LogP contribution in [0.15, 0.2) is 77.7 Å². The Bertz CT molecular complexity index is 1340. The van der Waals surface area contributed by atoms with E-state index in [1.165, 1.54) is 43.3 Å². The molecule has 0 bridgehead atoms. The summed E-state index contributed by atoms with van der Waals surface area (Å²) in [7, 11) is -0.0488. The Kier molecular flexibility index (Phi) is 8.00. The number of nitrogens with zero attached hydrogens (tertiary/aromatic N) is 1. The number of ketones is 1. The van der Waals surface area contributed by atoms with Crippen molar-refractivity contribution in [2.45, 2.75) is 18.4 Å². The molecule has 0 unspecified atom stereocenters. The lowest BCUT2D eigenvalue weighted by Crippen LogP contribution is -2.41. The van der Waals surface area contributed by atoms with Crippen molar-refractivity contribution in [1.29, 1.82) is 0 Å². The van der Waals surface area contributed by atoms with E-state index in [1.807, 2.05) is 25.1 Å². The highest BCUT2D eigenvalue weighted by atomic mass is 32.2. The standard InChI is InChI=1S/C25H26N4O5S/c1-17(30)19-11-13-23(14-12-19)35(33,34)26-16-18-7-9-20(10-8-18)24(31)27-28-25(32)21-5-4-6-22(15-21)29(2)3/h4-15,26H,16H2,1-3H3,(H,27,31)(H,28,32). The maximum Gasteiger partial charge on any atom is 0.269 e. The minimum atomic E-state index is -3.77. The van der Waals surface area contributed by atoms with Gasteiger partial charge in [-0.2, -0.15) is 0 Å². The molecule has 35 heavy (non-hydrogen) atoms. The van der Waals surface area contributed by atoms with Gasteiger partial charge in [0.2, 0.25) is 10.0 Å². The van der Waals surface area contributed by atoms with Gasteiger partial charge in [0.1, 0.15) is 0 Å². The summed E-state index contributed by atoms with van der Waals surface area (Å²) < 4.78 is 27.5. The van der Waals surface area contributed by atoms with Crippen LogP contribution in [0, 0.1) is 0 Å². The average Bonchev–Trinajstić information content (AvgIpc) is 2.86. The fraction of sp³-hybridized carbons (Fsp3) is 0.160. The number of Topliss-reactive ketones (excluding diaryl/α,β-unsaturated/α-hetero) is 1. The summed E-state index contributed by atoms with van der Waals surface area (Å²) in [5, 5.41) is 0. The Hall–Kier alpha value is -4.02. The quantitative estimate of drug-likeness (QED) is 0.327. The van der Waals surface area contributed by atoms with Gasteiger partial charge in [-0.05, 0) is 55.0 Å². The summed E-state index contributed by atoms with van der Waals surface area (Å²) in [4.78, 5) is 38.0. The Morgan fingerprint density at radius 2 is 1.34 bits per heavy atom. The number of hydrogen-bond acceptors (Lipinski definition) is 6. The second kappa shape index (κ2) is 10.9. The molecular formula is C25H26N4O5S. The van der Waals surface area contributed by atoms with Crippen LogP contribution in [-0.4, -0.2) is 40.1 Å². The normalized spacial score (nSPS) is 10.9. The monoisotopic (exact) mass is 494 g/mol. The van der Waals surface area contributed by atoms with Crippen molar-refractivity contribution in [1.82, 2.24) is 15.6 Å². The maximum absolute atomic E-state index is 12.5. The van der Waals surface area contributed by atoms with E-state index in [1.54, 1.807) is 30.3 Å². The molecule has 0 aromatic heterocycles. The molecule has 0 aliphatic heterocycles. The van der Waals surface area contributed by atoms with Crippen molar-refractivity contribution in [3.63, 3.8) is 0 Å². The predicted octanol–water partition coefficient (Wildman–Crippen LogP) is 2.51. The van der Waals surface area contributed by atoms with E-state index < -0.39 is 21.8 Å². The molecule has 3 aromatic carbocycles. The molecule has 3 N–H and O–H groups in total. The first-order valence-electron chi connectivity index (χ1n) is 10.6. The third kappa shape index (κ3) is 6.75. The number of rotatable bonds is 8. The van der Waals surface area contributed by atoms with Crippen LogP contribution in [0.2, 0.25) is 0 Å². The number of hydrazine groups is 1. The van der Waals surface area contributed by atoms with E-state index >= 15 is 0 Å². The highest BCUT2D eigenvalue weighted by Gasteiger charge is 2.15. The van der Waals surface area contributed by atoms with Crippen molar-refractivity contribution in [3.8, 4) is 0 Å². The van der Waals surface area contributed by atoms with Crippen LogP contribution in [0.4, 0.5) is 5.69 Å². The van der Waals surface area contributed by atoms with E-state index in [4.69, 9.17) is 0 Å². The molecule has 10 heteroatoms. The molecule has 0 fully saturated rings. The number of sulfonamides is 1. The SMILES string of the molecule is CC(=O)c1ccc(S(=O)(=O)NCc2ccc(C(=O)NNC(=O)c3cccc(N(C)C)c3)cc2)cc1. The van der Waals surface area contributed by atoms with Gasteiger partial charge < -0.3 is 4.90 Å². The smallest absolute Gasteiger partial charge is 0.269 e. The molecule has 0 saturated heterocycles. The Morgan fingerprint density at radius 1 is 0.771 bits per heavy atom. The van der Waals surface area contributed by atoms with Crippen molar-refractivity contribution in [2.24, 2.45) is 0 Å². The van der Waals surface area contributed by atoms with Crippen LogP contribution in [0.5, 0.6) is 0 Å². The zero-order chi connectivity index (χ0) is 25.6. The van der Waals surface area contributed by atoms with Crippen LogP contribution in [-0.2, 0) is 16.6 Å². The molecule has 0 spiro atoms. The van der Waals surface area contributed by atoms with E-state index in [9.17, 15) is 22.8 Å². The topological polar surface area (TPSA) is 125 Å². The van der Waals surface area contributed by atoms with E-state index in [2.05, 4.69) is 15.6 Å². The molecule has 3 aromatic rings. The van der Waals surface area contributed by atoms with Crippen LogP contribution >= 0.6 is 0 Å². The second-order valence-corrected chi connectivity index (χ2v) is 9.72. The van der Waals surface area contributed by atoms with Gasteiger partial charge in [0.15, 0.2) is 5.78 Å². The van der Waals surface area contributed by atoms with Crippen molar-refractivity contribution >= 4 is 33.3 Å². The minimum Gasteiger partial charge on any atom is -0.378 e. The zero-order valence-corrected chi connectivity index (χ0v) is 20.3. The fourth-order valence-corrected chi connectivity index (χ4v) is 4.11. The largest absolute Gasteiger partial charge is 0.378 e. The first-order valence-corrected chi connectivity index (χ1v) is 12.1. The molecule has 0 aliphatic rings. The third-order valence-electron chi connectivity index (χ3n) is 5.17. The van der Waals surface area contributed by atoms with Gasteiger partial charge in [-0.1, -0.05) is 30.3 Å². The van der Waals surface area contributed by atoms with Crippen molar-refractivity contribution in [3.05, 3.63) is 95.1 Å². The van der Waals surface area contributed by atoms with Gasteiger partial charge in [-0.15, -0.1) is 0 Å². The lowest BCUT2D eigenvalue weighted by atomic mass is 10.1. The molecule has 0 aliphatic carbocycles. The summed E-state index contributed by atoms with van der Waals surface area (Å²) in [5.41, 5.74) is 7.35. The summed E-state index contributed by atoms with van der Waals surface area (Å²) >= 11 is 0. The van der Waals surface area contributed by atoms with E-state index in [0.717, 1.165) is 5.69 Å². The average molecular weight is 495 g/mol. The summed E-state index contributed by atoms with van der Waals surface area (Å²) in [6, 6.07) is 18.9. The molecule has 9 nitrogen and oxygen atoms in total. The number of hydrogen-bond donors (Lipinski definition) is 3. The van der Waals surface area contributed by atoms with Gasteiger partial charge in [0.25, 0.3) is 11.8 Å². The Morgan fingerprint density at radius 3 is 1.91 bits per heavy atom. The molecule has 0 atom stereocenters. The lowest BCUT2D eigenvalue weighted by Gasteiger charge is -2.13. The molecule has 0 heterocycles. The summed E-state index contributed by atoms with van der Waals surface area (Å²) in [6.45, 7) is 1.42. The first-order chi connectivity index (χ1) is 16.6. The summed E-state index contributed by atoms with van der Waals surface area (Å²) in [6.07, 6.45) is 0. The van der Waals surface area contributed by atoms with Gasteiger partial charge in [-0.25, -0.2) is 13.1 Å². The number of carbonyl (C=O) groups excluding carboxylic acids is 3. The molecular weight excluding hydrogens is 468 g/mol.